The number of rotatable bonds is 5. The van der Waals surface area contributed by atoms with Crippen LogP contribution in [-0.4, -0.2) is 35.3 Å². The third kappa shape index (κ3) is 3.20. The largest absolute Gasteiger partial charge is 0.309 e. The molecule has 2 rings (SSSR count). The van der Waals surface area contributed by atoms with Gasteiger partial charge in [0.05, 0.1) is 5.69 Å². The molecule has 0 aliphatic carbocycles. The van der Waals surface area contributed by atoms with Gasteiger partial charge in [-0.15, -0.1) is 0 Å². The topological polar surface area (TPSA) is 21.1 Å². The van der Waals surface area contributed by atoms with Crippen LogP contribution in [0.3, 0.4) is 0 Å². The fraction of sp³-hybridized carbons (Fsp3) is 0.400. The van der Waals surface area contributed by atoms with Crippen molar-refractivity contribution in [2.45, 2.75) is 19.8 Å². The molecule has 0 spiro atoms. The van der Waals surface area contributed by atoms with Crippen molar-refractivity contribution in [1.82, 2.24) is 14.7 Å². The van der Waals surface area contributed by atoms with Crippen LogP contribution in [0.1, 0.15) is 17.5 Å². The molecule has 0 aliphatic rings. The monoisotopic (exact) mass is 243 g/mol. The van der Waals surface area contributed by atoms with Gasteiger partial charge in [0.1, 0.15) is 0 Å². The lowest BCUT2D eigenvalue weighted by atomic mass is 10.0. The first-order valence-corrected chi connectivity index (χ1v) is 6.41. The van der Waals surface area contributed by atoms with Gasteiger partial charge in [-0.05, 0) is 69.7 Å². The van der Waals surface area contributed by atoms with Crippen molar-refractivity contribution >= 4 is 0 Å². The van der Waals surface area contributed by atoms with Crippen LogP contribution < -0.4 is 0 Å². The number of aromatic nitrogens is 2. The minimum Gasteiger partial charge on any atom is -0.309 e. The van der Waals surface area contributed by atoms with Crippen molar-refractivity contribution < 1.29 is 0 Å². The van der Waals surface area contributed by atoms with Crippen molar-refractivity contribution in [1.29, 1.82) is 0 Å². The normalized spacial score (nSPS) is 11.1. The van der Waals surface area contributed by atoms with Crippen LogP contribution in [0, 0.1) is 6.92 Å². The van der Waals surface area contributed by atoms with Gasteiger partial charge in [0.25, 0.3) is 0 Å². The zero-order valence-electron chi connectivity index (χ0n) is 11.4. The van der Waals surface area contributed by atoms with E-state index in [0.717, 1.165) is 18.7 Å². The minimum absolute atomic E-state index is 1.13. The van der Waals surface area contributed by atoms with Gasteiger partial charge in [-0.1, -0.05) is 6.07 Å². The number of hydrogen-bond donors (Lipinski definition) is 0. The highest BCUT2D eigenvalue weighted by Crippen LogP contribution is 2.15. The van der Waals surface area contributed by atoms with Crippen LogP contribution in [0.2, 0.25) is 0 Å². The average Bonchev–Trinajstić information content (AvgIpc) is 2.84. The van der Waals surface area contributed by atoms with Crippen LogP contribution in [0.5, 0.6) is 0 Å². The zero-order valence-corrected chi connectivity index (χ0v) is 11.4. The minimum atomic E-state index is 1.13. The summed E-state index contributed by atoms with van der Waals surface area (Å²) in [5.74, 6) is 0. The summed E-state index contributed by atoms with van der Waals surface area (Å²) in [6.45, 7) is 3.32. The summed E-state index contributed by atoms with van der Waals surface area (Å²) >= 11 is 0. The molecule has 0 fully saturated rings. The van der Waals surface area contributed by atoms with Crippen molar-refractivity contribution in [2.24, 2.45) is 0 Å². The van der Waals surface area contributed by atoms with E-state index in [2.05, 4.69) is 49.2 Å². The Kier molecular flexibility index (Phi) is 4.15. The molecule has 0 aliphatic heterocycles. The Morgan fingerprint density at radius 2 is 2.11 bits per heavy atom. The first-order valence-electron chi connectivity index (χ1n) is 6.41. The average molecular weight is 243 g/mol. The summed E-state index contributed by atoms with van der Waals surface area (Å²) in [4.78, 5) is 2.23. The highest BCUT2D eigenvalue weighted by Gasteiger charge is 2.02. The molecule has 0 bridgehead atoms. The van der Waals surface area contributed by atoms with Crippen LogP contribution >= 0.6 is 0 Å². The van der Waals surface area contributed by atoms with Crippen LogP contribution in [0.25, 0.3) is 5.69 Å². The summed E-state index contributed by atoms with van der Waals surface area (Å²) in [5.41, 5.74) is 3.92. The molecule has 18 heavy (non-hydrogen) atoms. The third-order valence-corrected chi connectivity index (χ3v) is 3.15. The smallest absolute Gasteiger partial charge is 0.0648 e. The summed E-state index contributed by atoms with van der Waals surface area (Å²) in [6.07, 6.45) is 6.12. The maximum Gasteiger partial charge on any atom is 0.0648 e. The third-order valence-electron chi connectivity index (χ3n) is 3.15. The molecule has 0 N–H and O–H groups in total. The van der Waals surface area contributed by atoms with E-state index in [9.17, 15) is 0 Å². The predicted molar refractivity (Wildman–Crippen MR) is 75.2 cm³/mol. The maximum absolute atomic E-state index is 4.25. The second kappa shape index (κ2) is 5.83. The summed E-state index contributed by atoms with van der Waals surface area (Å²) in [6, 6.07) is 8.52. The molecule has 0 saturated carbocycles. The van der Waals surface area contributed by atoms with Crippen LogP contribution in [0.4, 0.5) is 0 Å². The predicted octanol–water partition coefficient (Wildman–Crippen LogP) is 2.67. The molecular formula is C15H21N3. The Hall–Kier alpha value is -1.61. The molecule has 0 saturated heterocycles. The van der Waals surface area contributed by atoms with Crippen molar-refractivity contribution in [3.05, 3.63) is 47.8 Å². The summed E-state index contributed by atoms with van der Waals surface area (Å²) < 4.78 is 1.90. The number of aryl methyl sites for hydroxylation is 2. The quantitative estimate of drug-likeness (QED) is 0.805. The van der Waals surface area contributed by atoms with E-state index >= 15 is 0 Å². The molecular weight excluding hydrogens is 222 g/mol. The number of benzene rings is 1. The van der Waals surface area contributed by atoms with Crippen LogP contribution in [0.15, 0.2) is 36.7 Å². The first-order chi connectivity index (χ1) is 8.66. The molecule has 3 nitrogen and oxygen atoms in total. The Morgan fingerprint density at radius 1 is 1.28 bits per heavy atom. The second-order valence-corrected chi connectivity index (χ2v) is 4.97. The van der Waals surface area contributed by atoms with E-state index < -0.39 is 0 Å². The van der Waals surface area contributed by atoms with E-state index in [1.165, 1.54) is 17.5 Å². The highest BCUT2D eigenvalue weighted by atomic mass is 15.3. The number of hydrogen-bond acceptors (Lipinski definition) is 2. The SMILES string of the molecule is Cc1cc(-n2cccn2)ccc1CCCN(C)C. The fourth-order valence-corrected chi connectivity index (χ4v) is 2.11. The lowest BCUT2D eigenvalue weighted by Gasteiger charge is -2.11. The van der Waals surface area contributed by atoms with Crippen molar-refractivity contribution in [3.63, 3.8) is 0 Å². The Morgan fingerprint density at radius 3 is 2.72 bits per heavy atom. The molecule has 2 aromatic rings. The molecule has 1 aromatic carbocycles. The van der Waals surface area contributed by atoms with Gasteiger partial charge in [0.15, 0.2) is 0 Å². The van der Waals surface area contributed by atoms with E-state index in [1.807, 2.05) is 16.9 Å². The van der Waals surface area contributed by atoms with Gasteiger partial charge in [-0.25, -0.2) is 4.68 Å². The van der Waals surface area contributed by atoms with E-state index in [0.29, 0.717) is 0 Å². The molecule has 1 heterocycles. The Balaban J connectivity index is 2.06. The second-order valence-electron chi connectivity index (χ2n) is 4.97. The van der Waals surface area contributed by atoms with Gasteiger partial charge in [0.2, 0.25) is 0 Å². The fourth-order valence-electron chi connectivity index (χ4n) is 2.11. The molecule has 0 atom stereocenters. The highest BCUT2D eigenvalue weighted by molar-refractivity contribution is 5.39. The molecule has 1 aromatic heterocycles. The zero-order chi connectivity index (χ0) is 13.0. The standard InChI is InChI=1S/C15H21N3/c1-13-12-15(18-11-5-9-16-18)8-7-14(13)6-4-10-17(2)3/h5,7-9,11-12H,4,6,10H2,1-3H3. The van der Waals surface area contributed by atoms with Gasteiger partial charge in [-0.2, -0.15) is 5.10 Å². The maximum atomic E-state index is 4.25. The van der Waals surface area contributed by atoms with Gasteiger partial charge >= 0.3 is 0 Å². The van der Waals surface area contributed by atoms with E-state index in [-0.39, 0.29) is 0 Å². The summed E-state index contributed by atoms with van der Waals surface area (Å²) in [7, 11) is 4.24. The molecule has 3 heteroatoms. The van der Waals surface area contributed by atoms with Gasteiger partial charge in [0, 0.05) is 12.4 Å². The molecule has 0 radical (unpaired) electrons. The summed E-state index contributed by atoms with van der Waals surface area (Å²) in [5, 5.41) is 4.25. The van der Waals surface area contributed by atoms with Gasteiger partial charge < -0.3 is 4.90 Å². The number of nitrogens with zero attached hydrogens (tertiary/aromatic N) is 3. The van der Waals surface area contributed by atoms with E-state index in [1.54, 1.807) is 6.20 Å². The van der Waals surface area contributed by atoms with Crippen LogP contribution in [-0.2, 0) is 6.42 Å². The van der Waals surface area contributed by atoms with E-state index in [4.69, 9.17) is 0 Å². The Bertz CT molecular complexity index is 486. The van der Waals surface area contributed by atoms with Crippen molar-refractivity contribution in [3.8, 4) is 5.69 Å². The van der Waals surface area contributed by atoms with Crippen molar-refractivity contribution in [2.75, 3.05) is 20.6 Å². The Labute approximate surface area is 109 Å². The lowest BCUT2D eigenvalue weighted by molar-refractivity contribution is 0.400. The molecule has 0 unspecified atom stereocenters. The molecule has 96 valence electrons. The lowest BCUT2D eigenvalue weighted by Crippen LogP contribution is -2.13. The first kappa shape index (κ1) is 12.8. The van der Waals surface area contributed by atoms with Gasteiger partial charge in [-0.3, -0.25) is 0 Å². The molecule has 0 amide bonds.